The molecule has 2 aromatic rings. The van der Waals surface area contributed by atoms with Crippen LogP contribution in [0.3, 0.4) is 0 Å². The van der Waals surface area contributed by atoms with Gasteiger partial charge in [0, 0.05) is 0 Å². The molecule has 3 rings (SSSR count). The molecule has 0 aliphatic heterocycles. The number of benzene rings is 2. The van der Waals surface area contributed by atoms with E-state index in [-0.39, 0.29) is 46.5 Å². The summed E-state index contributed by atoms with van der Waals surface area (Å²) in [6.45, 7) is 11.2. The van der Waals surface area contributed by atoms with Crippen LogP contribution in [0.4, 0.5) is 5.69 Å². The molecule has 0 aromatic heterocycles. The van der Waals surface area contributed by atoms with Crippen molar-refractivity contribution >= 4 is 11.3 Å². The van der Waals surface area contributed by atoms with Gasteiger partial charge in [-0.3, -0.25) is 0 Å². The van der Waals surface area contributed by atoms with Crippen molar-refractivity contribution in [2.45, 2.75) is 34.6 Å². The van der Waals surface area contributed by atoms with E-state index >= 15 is 0 Å². The Morgan fingerprint density at radius 1 is 0.815 bits per heavy atom. The van der Waals surface area contributed by atoms with Crippen LogP contribution in [0.1, 0.15) is 45.7 Å². The molecule has 0 bridgehead atoms. The van der Waals surface area contributed by atoms with Crippen molar-refractivity contribution in [3.63, 3.8) is 0 Å². The number of hydrogen-bond acceptors (Lipinski definition) is 0. The molecule has 0 saturated carbocycles. The normalized spacial score (nSPS) is 14.9. The van der Waals surface area contributed by atoms with Crippen LogP contribution in [0.2, 0.25) is 0 Å². The average Bonchev–Trinajstić information content (AvgIpc) is 2.79. The third-order valence-electron chi connectivity index (χ3n) is 4.98. The third-order valence-corrected chi connectivity index (χ3v) is 4.98. The van der Waals surface area contributed by atoms with Crippen molar-refractivity contribution < 1.29 is 46.5 Å². The molecule has 1 nitrogen and oxygen atoms in total. The van der Waals surface area contributed by atoms with E-state index in [2.05, 4.69) is 65.3 Å². The van der Waals surface area contributed by atoms with E-state index < -0.39 is 0 Å². The Balaban J connectivity index is 0. The number of hydrogen-bond donors (Lipinski definition) is 0. The molecule has 2 aromatic carbocycles. The zero-order chi connectivity index (χ0) is 17.7. The second-order valence-corrected chi connectivity index (χ2v) is 6.31. The summed E-state index contributed by atoms with van der Waals surface area (Å²) >= 11 is 0. The molecule has 1 atom stereocenters. The molecule has 27 heavy (non-hydrogen) atoms. The summed E-state index contributed by atoms with van der Waals surface area (Å²) in [5.74, 6) is 0.552. The minimum absolute atomic E-state index is 0. The first-order valence-corrected chi connectivity index (χ1v) is 8.51. The van der Waals surface area contributed by atoms with Gasteiger partial charge < -0.3 is 30.5 Å². The van der Waals surface area contributed by atoms with Crippen LogP contribution in [-0.4, -0.2) is 0 Å². The maximum atomic E-state index is 7.00. The van der Waals surface area contributed by atoms with Crippen LogP contribution in [0.25, 0.3) is 11.3 Å². The summed E-state index contributed by atoms with van der Waals surface area (Å²) in [6.07, 6.45) is 2.20. The Morgan fingerprint density at radius 3 is 1.74 bits per heavy atom. The molecule has 0 fully saturated rings. The average molecular weight is 436 g/mol. The van der Waals surface area contributed by atoms with Crippen molar-refractivity contribution in [2.24, 2.45) is 5.92 Å². The van der Waals surface area contributed by atoms with Crippen molar-refractivity contribution in [3.05, 3.63) is 94.6 Å². The Hall–Kier alpha value is -1.12. The molecule has 1 aliphatic rings. The standard InChI is InChI=1S/C17H21.C6H6N.2ClH.Ti/c1-6-15-9-7-8-10-16(15)17-13(4)11(2)12(3)14(17)5;7-6-4-2-1-3-5-6;;;/h6-10,13H,1-5H3;1-5,7H;2*1H;/q2*-1;;;+2/p-2. The smallest absolute Gasteiger partial charge is 1.00 e. The SMILES string of the molecule is C[CH-]c1ccccc1C1=C(C)C(C)=C(C)C1C.[Cl-].[Cl-].[NH-]c1ccccc1.[Ti+2]. The van der Waals surface area contributed by atoms with Gasteiger partial charge in [-0.05, 0) is 32.3 Å². The van der Waals surface area contributed by atoms with E-state index in [1.165, 1.54) is 33.4 Å². The second-order valence-electron chi connectivity index (χ2n) is 6.31. The summed E-state index contributed by atoms with van der Waals surface area (Å²) in [4.78, 5) is 0. The molecule has 0 radical (unpaired) electrons. The molecule has 4 heteroatoms. The number of rotatable bonds is 2. The Morgan fingerprint density at radius 2 is 1.33 bits per heavy atom. The Kier molecular flexibility index (Phi) is 13.7. The van der Waals surface area contributed by atoms with Crippen molar-refractivity contribution in [2.75, 3.05) is 0 Å². The minimum Gasteiger partial charge on any atom is -1.00 e. The van der Waals surface area contributed by atoms with Crippen LogP contribution in [0, 0.1) is 12.3 Å². The van der Waals surface area contributed by atoms with Crippen molar-refractivity contribution in [3.8, 4) is 0 Å². The van der Waals surface area contributed by atoms with Crippen LogP contribution in [0.5, 0.6) is 0 Å². The summed E-state index contributed by atoms with van der Waals surface area (Å²) in [5, 5.41) is 0. The molecule has 0 saturated heterocycles. The molecular formula is C23H27Cl2NTi-2. The van der Waals surface area contributed by atoms with Gasteiger partial charge in [-0.2, -0.15) is 18.1 Å². The molecule has 1 N–H and O–H groups in total. The molecule has 1 aliphatic carbocycles. The summed E-state index contributed by atoms with van der Waals surface area (Å²) in [6, 6.07) is 17.8. The van der Waals surface area contributed by atoms with E-state index in [4.69, 9.17) is 5.73 Å². The first kappa shape index (κ1) is 28.1. The molecular weight excluding hydrogens is 409 g/mol. The summed E-state index contributed by atoms with van der Waals surface area (Å²) < 4.78 is 0. The quantitative estimate of drug-likeness (QED) is 0.502. The van der Waals surface area contributed by atoms with Gasteiger partial charge in [0.25, 0.3) is 0 Å². The van der Waals surface area contributed by atoms with Crippen LogP contribution in [0.15, 0.2) is 71.3 Å². The maximum absolute atomic E-state index is 7.00. The zero-order valence-corrected chi connectivity index (χ0v) is 19.7. The fourth-order valence-electron chi connectivity index (χ4n) is 3.23. The monoisotopic (exact) mass is 435 g/mol. The number of halogens is 2. The molecule has 0 amide bonds. The van der Waals surface area contributed by atoms with Gasteiger partial charge in [0.05, 0.1) is 0 Å². The molecule has 1 unspecified atom stereocenters. The predicted octanol–water partition coefficient (Wildman–Crippen LogP) is 1.39. The van der Waals surface area contributed by atoms with Gasteiger partial charge in [0.2, 0.25) is 0 Å². The van der Waals surface area contributed by atoms with E-state index in [9.17, 15) is 0 Å². The number of nitrogens with one attached hydrogen (secondary N) is 1. The topological polar surface area (TPSA) is 23.8 Å². The van der Waals surface area contributed by atoms with E-state index in [0.29, 0.717) is 11.6 Å². The van der Waals surface area contributed by atoms with Gasteiger partial charge in [0.15, 0.2) is 0 Å². The van der Waals surface area contributed by atoms with Gasteiger partial charge in [-0.25, -0.2) is 0 Å². The van der Waals surface area contributed by atoms with Crippen molar-refractivity contribution in [1.29, 1.82) is 0 Å². The maximum Gasteiger partial charge on any atom is 2.00 e. The Bertz CT molecular complexity index is 767. The molecule has 144 valence electrons. The van der Waals surface area contributed by atoms with Crippen LogP contribution < -0.4 is 24.8 Å². The van der Waals surface area contributed by atoms with E-state index in [1.54, 1.807) is 12.1 Å². The van der Waals surface area contributed by atoms with Gasteiger partial charge in [0.1, 0.15) is 0 Å². The van der Waals surface area contributed by atoms with E-state index in [0.717, 1.165) is 0 Å². The third kappa shape index (κ3) is 6.77. The fourth-order valence-corrected chi connectivity index (χ4v) is 3.23. The number of allylic oxidation sites excluding steroid dienone is 4. The minimum atomic E-state index is 0. The fraction of sp³-hybridized carbons (Fsp3) is 0.261. The van der Waals surface area contributed by atoms with Crippen molar-refractivity contribution in [1.82, 2.24) is 0 Å². The Labute approximate surface area is 192 Å². The molecule has 0 heterocycles. The molecule has 0 spiro atoms. The second kappa shape index (κ2) is 13.1. The summed E-state index contributed by atoms with van der Waals surface area (Å²) in [7, 11) is 0. The van der Waals surface area contributed by atoms with Gasteiger partial charge >= 0.3 is 21.7 Å². The first-order chi connectivity index (χ1) is 11.5. The van der Waals surface area contributed by atoms with Crippen LogP contribution in [-0.2, 0) is 21.7 Å². The largest absolute Gasteiger partial charge is 2.00 e. The summed E-state index contributed by atoms with van der Waals surface area (Å²) in [5.41, 5.74) is 16.3. The van der Waals surface area contributed by atoms with Gasteiger partial charge in [-0.1, -0.05) is 67.0 Å². The zero-order valence-electron chi connectivity index (χ0n) is 16.6. The van der Waals surface area contributed by atoms with Gasteiger partial charge in [-0.15, -0.1) is 23.4 Å². The van der Waals surface area contributed by atoms with E-state index in [1.807, 2.05) is 18.2 Å². The first-order valence-electron chi connectivity index (χ1n) is 8.51. The van der Waals surface area contributed by atoms with Crippen LogP contribution >= 0.6 is 0 Å². The predicted molar refractivity (Wildman–Crippen MR) is 106 cm³/mol.